The van der Waals surface area contributed by atoms with Crippen molar-refractivity contribution in [3.63, 3.8) is 0 Å². The second-order valence-corrected chi connectivity index (χ2v) is 21.5. The van der Waals surface area contributed by atoms with Gasteiger partial charge in [0, 0.05) is 13.0 Å². The summed E-state index contributed by atoms with van der Waals surface area (Å²) in [5, 5.41) is 50.5. The number of hydrogen-bond donors (Lipinski definition) is 6. The van der Waals surface area contributed by atoms with Gasteiger partial charge in [0.2, 0.25) is 0 Å². The Hall–Kier alpha value is -2.48. The Balaban J connectivity index is 2.29. The summed E-state index contributed by atoms with van der Waals surface area (Å²) in [6.07, 6.45) is 56.4. The van der Waals surface area contributed by atoms with E-state index in [0.717, 1.165) is 103 Å². The topological polar surface area (TPSA) is 192 Å². The molecule has 13 heteroatoms. The van der Waals surface area contributed by atoms with Gasteiger partial charge in [0.25, 0.3) is 0 Å². The lowest BCUT2D eigenvalue weighted by Crippen LogP contribution is -2.64. The van der Waals surface area contributed by atoms with Crippen LogP contribution < -0.4 is 0 Å². The number of rotatable bonds is 50. The molecule has 0 amide bonds. The van der Waals surface area contributed by atoms with Crippen LogP contribution in [0.15, 0.2) is 85.1 Å². The van der Waals surface area contributed by atoms with E-state index in [1.807, 2.05) is 0 Å². The lowest BCUT2D eigenvalue weighted by molar-refractivity contribution is -0.220. The molecule has 1 rings (SSSR count). The van der Waals surface area contributed by atoms with Crippen molar-refractivity contribution in [3.8, 4) is 0 Å². The van der Waals surface area contributed by atoms with Crippen LogP contribution in [0.2, 0.25) is 0 Å². The molecule has 0 saturated heterocycles. The molecule has 0 spiro atoms. The SMILES string of the molecule is CC/C=C\C/C=C\C/C=C\C/C=C\CCCCCCCCCCCCCOCC(COP(=O)(O)OC1C(O)C(O)C(O)C(O)C1O)OC(=O)CCCCCCCCCC/C=C\C/C=C\C/C=C\CCCCCCC. The maximum Gasteiger partial charge on any atom is 0.472 e. The summed E-state index contributed by atoms with van der Waals surface area (Å²) in [6.45, 7) is 4.15. The van der Waals surface area contributed by atoms with Crippen molar-refractivity contribution >= 4 is 13.8 Å². The van der Waals surface area contributed by atoms with Crippen LogP contribution >= 0.6 is 7.82 Å². The van der Waals surface area contributed by atoms with Crippen molar-refractivity contribution < 1.29 is 58.3 Å². The van der Waals surface area contributed by atoms with Crippen LogP contribution in [-0.2, 0) is 27.9 Å². The Kier molecular flexibility index (Phi) is 47.0. The first kappa shape index (κ1) is 69.5. The standard InChI is InChI=1S/C61H107O12P/c1-3-5-7-9-11-13-15-17-19-21-23-25-27-29-31-33-35-37-39-41-43-45-47-49-51-70-52-54(53-71-74(68,69)73-61-59(66)57(64)56(63)58(65)60(61)67)72-55(62)50-48-46-44-42-40-38-36-34-32-30-28-26-24-22-20-18-16-14-12-10-8-6-4-2/h5,7,11,13,16-19,22-25,28,30,54,56-61,63-67H,3-4,6,8-10,12,14-15,20-21,26-27,29,31-53H2,1-2H3,(H,68,69)/b7-5-,13-11-,18-16-,19-17-,24-22-,25-23-,30-28-. The molecule has 0 aliphatic heterocycles. The maximum atomic E-state index is 12.9. The van der Waals surface area contributed by atoms with Crippen LogP contribution in [0, 0.1) is 0 Å². The highest BCUT2D eigenvalue weighted by Gasteiger charge is 2.51. The third-order valence-corrected chi connectivity index (χ3v) is 14.2. The summed E-state index contributed by atoms with van der Waals surface area (Å²) in [5.41, 5.74) is 0. The summed E-state index contributed by atoms with van der Waals surface area (Å²) >= 11 is 0. The molecule has 0 bridgehead atoms. The highest BCUT2D eigenvalue weighted by atomic mass is 31.2. The van der Waals surface area contributed by atoms with Crippen molar-refractivity contribution in [2.24, 2.45) is 0 Å². The van der Waals surface area contributed by atoms with Gasteiger partial charge in [-0.3, -0.25) is 13.8 Å². The van der Waals surface area contributed by atoms with E-state index in [-0.39, 0.29) is 13.0 Å². The number of carbonyl (C=O) groups excluding carboxylic acids is 1. The Labute approximate surface area is 450 Å². The second-order valence-electron chi connectivity index (χ2n) is 20.1. The Bertz CT molecular complexity index is 1540. The molecule has 0 aromatic rings. The van der Waals surface area contributed by atoms with Crippen LogP contribution in [0.25, 0.3) is 0 Å². The minimum Gasteiger partial charge on any atom is -0.457 e. The number of unbranched alkanes of at least 4 members (excludes halogenated alkanes) is 24. The Morgan fingerprint density at radius 3 is 1.22 bits per heavy atom. The maximum absolute atomic E-state index is 12.9. The molecule has 1 aliphatic carbocycles. The van der Waals surface area contributed by atoms with Gasteiger partial charge in [-0.1, -0.05) is 221 Å². The highest BCUT2D eigenvalue weighted by Crippen LogP contribution is 2.47. The zero-order valence-electron chi connectivity index (χ0n) is 46.4. The fraction of sp³-hybridized carbons (Fsp3) is 0.754. The predicted molar refractivity (Wildman–Crippen MR) is 304 cm³/mol. The smallest absolute Gasteiger partial charge is 0.457 e. The van der Waals surface area contributed by atoms with E-state index in [1.165, 1.54) is 103 Å². The van der Waals surface area contributed by atoms with Crippen molar-refractivity contribution in [2.45, 2.75) is 275 Å². The highest BCUT2D eigenvalue weighted by molar-refractivity contribution is 7.47. The monoisotopic (exact) mass is 1060 g/mol. The molecule has 1 aliphatic rings. The number of phosphoric ester groups is 1. The van der Waals surface area contributed by atoms with Gasteiger partial charge in [-0.15, -0.1) is 0 Å². The average molecular weight is 1060 g/mol. The number of aliphatic hydroxyl groups is 5. The van der Waals surface area contributed by atoms with Gasteiger partial charge >= 0.3 is 13.8 Å². The molecule has 6 atom stereocenters. The molecule has 0 heterocycles. The minimum atomic E-state index is -5.04. The van der Waals surface area contributed by atoms with Gasteiger partial charge in [-0.25, -0.2) is 4.57 Å². The van der Waals surface area contributed by atoms with E-state index in [2.05, 4.69) is 98.9 Å². The molecule has 6 unspecified atom stereocenters. The number of carbonyl (C=O) groups is 1. The fourth-order valence-corrected chi connectivity index (χ4v) is 9.62. The molecular formula is C61H107O12P. The number of ether oxygens (including phenoxy) is 2. The van der Waals surface area contributed by atoms with Crippen molar-refractivity contribution in [3.05, 3.63) is 85.1 Å². The first-order valence-electron chi connectivity index (χ1n) is 29.4. The van der Waals surface area contributed by atoms with Crippen molar-refractivity contribution in [1.82, 2.24) is 0 Å². The summed E-state index contributed by atoms with van der Waals surface area (Å²) < 4.78 is 34.4. The third-order valence-electron chi connectivity index (χ3n) is 13.3. The quantitative estimate of drug-likeness (QED) is 0.0146. The third kappa shape index (κ3) is 40.7. The Morgan fingerprint density at radius 2 is 0.797 bits per heavy atom. The summed E-state index contributed by atoms with van der Waals surface area (Å²) in [6, 6.07) is 0. The molecule has 0 aromatic heterocycles. The Morgan fingerprint density at radius 1 is 0.446 bits per heavy atom. The van der Waals surface area contributed by atoms with Gasteiger partial charge in [0.05, 0.1) is 13.2 Å². The van der Waals surface area contributed by atoms with E-state index in [9.17, 15) is 39.8 Å². The van der Waals surface area contributed by atoms with Gasteiger partial charge in [0.1, 0.15) is 42.7 Å². The van der Waals surface area contributed by atoms with E-state index >= 15 is 0 Å². The number of hydrogen-bond acceptors (Lipinski definition) is 11. The zero-order valence-corrected chi connectivity index (χ0v) is 47.3. The largest absolute Gasteiger partial charge is 0.472 e. The van der Waals surface area contributed by atoms with Crippen LogP contribution in [0.3, 0.4) is 0 Å². The van der Waals surface area contributed by atoms with E-state index in [1.54, 1.807) is 0 Å². The van der Waals surface area contributed by atoms with Gasteiger partial charge in [0.15, 0.2) is 0 Å². The number of esters is 1. The zero-order chi connectivity index (χ0) is 54.0. The van der Waals surface area contributed by atoms with Crippen molar-refractivity contribution in [2.75, 3.05) is 19.8 Å². The molecule has 428 valence electrons. The second kappa shape index (κ2) is 50.1. The molecule has 74 heavy (non-hydrogen) atoms. The molecule has 12 nitrogen and oxygen atoms in total. The first-order chi connectivity index (χ1) is 36.0. The number of allylic oxidation sites excluding steroid dienone is 14. The lowest BCUT2D eigenvalue weighted by atomic mass is 9.85. The van der Waals surface area contributed by atoms with Crippen LogP contribution in [-0.4, -0.2) is 98.9 Å². The van der Waals surface area contributed by atoms with Gasteiger partial charge in [-0.05, 0) is 89.9 Å². The molecule has 0 aromatic carbocycles. The molecule has 1 saturated carbocycles. The summed E-state index contributed by atoms with van der Waals surface area (Å²) in [4.78, 5) is 23.3. The predicted octanol–water partition coefficient (Wildman–Crippen LogP) is 14.4. The van der Waals surface area contributed by atoms with Crippen LogP contribution in [0.1, 0.15) is 232 Å². The summed E-state index contributed by atoms with van der Waals surface area (Å²) in [7, 11) is -5.04. The summed E-state index contributed by atoms with van der Waals surface area (Å²) in [5.74, 6) is -0.486. The van der Waals surface area contributed by atoms with E-state index in [4.69, 9.17) is 18.5 Å². The number of aliphatic hydroxyl groups excluding tert-OH is 5. The van der Waals surface area contributed by atoms with Gasteiger partial charge < -0.3 is 39.9 Å². The van der Waals surface area contributed by atoms with Gasteiger partial charge in [-0.2, -0.15) is 0 Å². The molecule has 6 N–H and O–H groups in total. The van der Waals surface area contributed by atoms with Crippen LogP contribution in [0.5, 0.6) is 0 Å². The normalized spacial score (nSPS) is 21.0. The van der Waals surface area contributed by atoms with E-state index in [0.29, 0.717) is 13.0 Å². The molecule has 0 radical (unpaired) electrons. The van der Waals surface area contributed by atoms with Crippen molar-refractivity contribution in [1.29, 1.82) is 0 Å². The minimum absolute atomic E-state index is 0.0858. The molecular weight excluding hydrogens is 956 g/mol. The first-order valence-corrected chi connectivity index (χ1v) is 30.9. The number of phosphoric acid groups is 1. The fourth-order valence-electron chi connectivity index (χ4n) is 8.65. The average Bonchev–Trinajstić information content (AvgIpc) is 3.39. The molecule has 1 fully saturated rings. The van der Waals surface area contributed by atoms with E-state index < -0.39 is 63.1 Å². The van der Waals surface area contributed by atoms with Crippen LogP contribution in [0.4, 0.5) is 0 Å². The lowest BCUT2D eigenvalue weighted by Gasteiger charge is -2.41.